The van der Waals surface area contributed by atoms with Crippen LogP contribution >= 0.6 is 35.0 Å². The molecule has 0 atom stereocenters. The average Bonchev–Trinajstić information content (AvgIpc) is 2.57. The Kier molecular flexibility index (Phi) is 7.25. The van der Waals surface area contributed by atoms with E-state index in [-0.39, 0.29) is 14.9 Å². The second kappa shape index (κ2) is 8.97. The number of hydrogen-bond donors (Lipinski definition) is 1. The largest absolute Gasteiger partial charge is 0.495 e. The van der Waals surface area contributed by atoms with Crippen LogP contribution in [0.4, 0.5) is 0 Å². The van der Waals surface area contributed by atoms with Crippen LogP contribution in [-0.2, 0) is 15.8 Å². The van der Waals surface area contributed by atoms with Gasteiger partial charge in [-0.3, -0.25) is 0 Å². The summed E-state index contributed by atoms with van der Waals surface area (Å²) in [6.45, 7) is 0.305. The minimum Gasteiger partial charge on any atom is -0.495 e. The smallest absolute Gasteiger partial charge is 0.242 e. The van der Waals surface area contributed by atoms with E-state index in [4.69, 9.17) is 27.9 Å². The first-order chi connectivity index (χ1) is 11.5. The van der Waals surface area contributed by atoms with Crippen molar-refractivity contribution in [2.24, 2.45) is 0 Å². The number of rotatable bonds is 8. The summed E-state index contributed by atoms with van der Waals surface area (Å²) in [5, 5.41) is 0.0425. The van der Waals surface area contributed by atoms with Crippen LogP contribution in [0, 0.1) is 0 Å². The Balaban J connectivity index is 1.91. The number of hydrogen-bond acceptors (Lipinski definition) is 4. The Morgan fingerprint density at radius 3 is 2.46 bits per heavy atom. The molecule has 0 aliphatic rings. The fraction of sp³-hybridized carbons (Fsp3) is 0.250. The van der Waals surface area contributed by atoms with Gasteiger partial charge in [0.15, 0.2) is 0 Å². The molecule has 0 aromatic heterocycles. The molecule has 130 valence electrons. The summed E-state index contributed by atoms with van der Waals surface area (Å²) < 4.78 is 32.2. The fourth-order valence-electron chi connectivity index (χ4n) is 1.97. The number of halogens is 2. The lowest BCUT2D eigenvalue weighted by atomic mass is 10.2. The van der Waals surface area contributed by atoms with Crippen LogP contribution in [0.1, 0.15) is 5.56 Å². The first-order valence-corrected chi connectivity index (χ1v) is 10.5. The number of benzene rings is 2. The number of methoxy groups -OCH3 is 1. The molecule has 1 N–H and O–H groups in total. The molecule has 0 radical (unpaired) electrons. The zero-order valence-corrected chi connectivity index (χ0v) is 16.1. The van der Waals surface area contributed by atoms with Gasteiger partial charge in [-0.05, 0) is 17.7 Å². The third kappa shape index (κ3) is 5.04. The molecule has 0 unspecified atom stereocenters. The zero-order chi connectivity index (χ0) is 17.6. The average molecular weight is 406 g/mol. The Hall–Kier alpha value is -0.920. The molecule has 0 heterocycles. The summed E-state index contributed by atoms with van der Waals surface area (Å²) >= 11 is 13.7. The van der Waals surface area contributed by atoms with Crippen LogP contribution < -0.4 is 9.46 Å². The van der Waals surface area contributed by atoms with E-state index in [0.717, 1.165) is 5.75 Å². The first-order valence-electron chi connectivity index (χ1n) is 7.09. The molecule has 2 rings (SSSR count). The predicted octanol–water partition coefficient (Wildman–Crippen LogP) is 4.21. The molecule has 2 aromatic carbocycles. The SMILES string of the molecule is COc1ccc(S(=O)(=O)NCCSCc2ccccc2)c(Cl)c1Cl. The maximum atomic E-state index is 12.3. The highest BCUT2D eigenvalue weighted by Crippen LogP contribution is 2.36. The van der Waals surface area contributed by atoms with Crippen LogP contribution in [0.25, 0.3) is 0 Å². The summed E-state index contributed by atoms with van der Waals surface area (Å²) in [7, 11) is -2.28. The molecule has 0 bridgehead atoms. The number of sulfonamides is 1. The molecule has 8 heteroatoms. The van der Waals surface area contributed by atoms with Crippen molar-refractivity contribution in [1.29, 1.82) is 0 Å². The zero-order valence-electron chi connectivity index (χ0n) is 13.0. The second-order valence-electron chi connectivity index (χ2n) is 4.83. The second-order valence-corrected chi connectivity index (χ2v) is 8.43. The van der Waals surface area contributed by atoms with E-state index in [1.54, 1.807) is 11.8 Å². The molecular weight excluding hydrogens is 389 g/mol. The quantitative estimate of drug-likeness (QED) is 0.668. The Bertz CT molecular complexity index is 783. The summed E-state index contributed by atoms with van der Waals surface area (Å²) in [5.41, 5.74) is 1.20. The molecule has 0 amide bonds. The van der Waals surface area contributed by atoms with Gasteiger partial charge in [-0.1, -0.05) is 53.5 Å². The van der Waals surface area contributed by atoms with Crippen LogP contribution in [0.2, 0.25) is 10.0 Å². The van der Waals surface area contributed by atoms with E-state index in [0.29, 0.717) is 18.0 Å². The highest BCUT2D eigenvalue weighted by atomic mass is 35.5. The van der Waals surface area contributed by atoms with Crippen molar-refractivity contribution in [3.63, 3.8) is 0 Å². The maximum absolute atomic E-state index is 12.3. The number of thioether (sulfide) groups is 1. The topological polar surface area (TPSA) is 55.4 Å². The van der Waals surface area contributed by atoms with Gasteiger partial charge in [0.05, 0.1) is 12.1 Å². The lowest BCUT2D eigenvalue weighted by molar-refractivity contribution is 0.414. The summed E-state index contributed by atoms with van der Waals surface area (Å²) in [5.74, 6) is 1.81. The highest BCUT2D eigenvalue weighted by molar-refractivity contribution is 7.98. The Morgan fingerprint density at radius 1 is 1.08 bits per heavy atom. The molecule has 0 aliphatic carbocycles. The molecule has 24 heavy (non-hydrogen) atoms. The van der Waals surface area contributed by atoms with E-state index in [1.807, 2.05) is 30.3 Å². The van der Waals surface area contributed by atoms with Gasteiger partial charge in [0, 0.05) is 18.1 Å². The minimum absolute atomic E-state index is 0.0412. The molecule has 2 aromatic rings. The predicted molar refractivity (Wildman–Crippen MR) is 101 cm³/mol. The van der Waals surface area contributed by atoms with Crippen molar-refractivity contribution in [3.8, 4) is 5.75 Å². The molecule has 4 nitrogen and oxygen atoms in total. The fourth-order valence-corrected chi connectivity index (χ4v) is 4.79. The monoisotopic (exact) mass is 405 g/mol. The van der Waals surface area contributed by atoms with Gasteiger partial charge in [-0.2, -0.15) is 11.8 Å². The van der Waals surface area contributed by atoms with Gasteiger partial charge in [0.1, 0.15) is 15.7 Å². The van der Waals surface area contributed by atoms with Gasteiger partial charge in [-0.25, -0.2) is 13.1 Å². The third-order valence-corrected chi connectivity index (χ3v) is 6.68. The molecule has 0 saturated heterocycles. The summed E-state index contributed by atoms with van der Waals surface area (Å²) in [4.78, 5) is -0.0528. The molecule has 0 aliphatic heterocycles. The van der Waals surface area contributed by atoms with Gasteiger partial charge >= 0.3 is 0 Å². The van der Waals surface area contributed by atoms with Crippen molar-refractivity contribution in [1.82, 2.24) is 4.72 Å². The minimum atomic E-state index is -3.72. The van der Waals surface area contributed by atoms with E-state index in [9.17, 15) is 8.42 Å². The van der Waals surface area contributed by atoms with Gasteiger partial charge in [0.2, 0.25) is 10.0 Å². The van der Waals surface area contributed by atoms with Crippen molar-refractivity contribution in [2.45, 2.75) is 10.6 Å². The van der Waals surface area contributed by atoms with Crippen LogP contribution in [0.3, 0.4) is 0 Å². The highest BCUT2D eigenvalue weighted by Gasteiger charge is 2.21. The normalized spacial score (nSPS) is 11.5. The molecule has 0 saturated carbocycles. The van der Waals surface area contributed by atoms with Gasteiger partial charge in [0.25, 0.3) is 0 Å². The lowest BCUT2D eigenvalue weighted by Gasteiger charge is -2.11. The van der Waals surface area contributed by atoms with Crippen molar-refractivity contribution in [2.75, 3.05) is 19.4 Å². The van der Waals surface area contributed by atoms with E-state index >= 15 is 0 Å². The van der Waals surface area contributed by atoms with Crippen molar-refractivity contribution >= 4 is 45.0 Å². The lowest BCUT2D eigenvalue weighted by Crippen LogP contribution is -2.26. The van der Waals surface area contributed by atoms with Gasteiger partial charge in [-0.15, -0.1) is 0 Å². The third-order valence-electron chi connectivity index (χ3n) is 3.17. The Morgan fingerprint density at radius 2 is 1.79 bits per heavy atom. The van der Waals surface area contributed by atoms with E-state index in [1.165, 1.54) is 24.8 Å². The maximum Gasteiger partial charge on any atom is 0.242 e. The van der Waals surface area contributed by atoms with Crippen LogP contribution in [0.15, 0.2) is 47.4 Å². The van der Waals surface area contributed by atoms with E-state index in [2.05, 4.69) is 4.72 Å². The molecule has 0 spiro atoms. The van der Waals surface area contributed by atoms with E-state index < -0.39 is 10.0 Å². The summed E-state index contributed by atoms with van der Waals surface area (Å²) in [6.07, 6.45) is 0. The first kappa shape index (κ1) is 19.4. The van der Waals surface area contributed by atoms with Gasteiger partial charge < -0.3 is 4.74 Å². The van der Waals surface area contributed by atoms with Crippen molar-refractivity contribution in [3.05, 3.63) is 58.1 Å². The molecule has 0 fully saturated rings. The summed E-state index contributed by atoms with van der Waals surface area (Å²) in [6, 6.07) is 12.9. The molecular formula is C16H17Cl2NO3S2. The standard InChI is InChI=1S/C16H17Cl2NO3S2/c1-22-13-7-8-14(16(18)15(13)17)24(20,21)19-9-10-23-11-12-5-3-2-4-6-12/h2-8,19H,9-11H2,1H3. The van der Waals surface area contributed by atoms with Crippen molar-refractivity contribution < 1.29 is 13.2 Å². The van der Waals surface area contributed by atoms with Crippen LogP contribution in [0.5, 0.6) is 5.75 Å². The number of nitrogens with one attached hydrogen (secondary N) is 1. The Labute approximate surface area is 156 Å². The van der Waals surface area contributed by atoms with Crippen LogP contribution in [-0.4, -0.2) is 27.8 Å². The number of ether oxygens (including phenoxy) is 1.